The van der Waals surface area contributed by atoms with Crippen molar-refractivity contribution in [2.45, 2.75) is 36.1 Å². The van der Waals surface area contributed by atoms with Crippen molar-refractivity contribution in [1.29, 1.82) is 0 Å². The Morgan fingerprint density at radius 1 is 0.905 bits per heavy atom. The minimum Gasteiger partial charge on any atom is -0.493 e. The maximum Gasteiger partial charge on any atom is 0.422 e. The second kappa shape index (κ2) is 14.7. The van der Waals surface area contributed by atoms with E-state index in [0.29, 0.717) is 29.9 Å². The number of carboxylic acid groups (broad SMARTS) is 1. The van der Waals surface area contributed by atoms with Crippen molar-refractivity contribution < 1.29 is 63.7 Å². The summed E-state index contributed by atoms with van der Waals surface area (Å²) in [6, 6.07) is 5.92. The van der Waals surface area contributed by atoms with E-state index in [-0.39, 0.29) is 19.2 Å². The second-order valence-electron chi connectivity index (χ2n) is 8.33. The third-order valence-corrected chi connectivity index (χ3v) is 6.27. The molecule has 42 heavy (non-hydrogen) atoms. The number of sulfonamides is 1. The van der Waals surface area contributed by atoms with Crippen LogP contribution in [0.25, 0.3) is 0 Å². The molecule has 0 saturated heterocycles. The summed E-state index contributed by atoms with van der Waals surface area (Å²) in [6.07, 6.45) is -9.70. The van der Waals surface area contributed by atoms with Gasteiger partial charge in [0.25, 0.3) is 0 Å². The Bertz CT molecular complexity index is 1320. The van der Waals surface area contributed by atoms with Crippen molar-refractivity contribution in [3.63, 3.8) is 0 Å². The minimum absolute atomic E-state index is 0.163. The molecule has 2 rings (SSSR count). The summed E-state index contributed by atoms with van der Waals surface area (Å²) < 4.78 is 118. The lowest BCUT2D eigenvalue weighted by Gasteiger charge is -2.19. The number of guanidine groups is 1. The van der Waals surface area contributed by atoms with Gasteiger partial charge in [-0.25, -0.2) is 8.42 Å². The highest BCUT2D eigenvalue weighted by Gasteiger charge is 2.33. The van der Waals surface area contributed by atoms with Crippen molar-refractivity contribution >= 4 is 22.0 Å². The molecule has 0 aliphatic carbocycles. The molecule has 0 fully saturated rings. The van der Waals surface area contributed by atoms with Gasteiger partial charge >= 0.3 is 18.3 Å². The van der Waals surface area contributed by atoms with Gasteiger partial charge in [-0.05, 0) is 41.4 Å². The fourth-order valence-electron chi connectivity index (χ4n) is 3.05. The molecule has 12 nitrogen and oxygen atoms in total. The number of nitrogens with two attached hydrogens (primary N) is 2. The second-order valence-corrected chi connectivity index (χ2v) is 10.0. The predicted molar refractivity (Wildman–Crippen MR) is 133 cm³/mol. The smallest absolute Gasteiger partial charge is 0.422 e. The zero-order valence-electron chi connectivity index (χ0n) is 21.4. The van der Waals surface area contributed by atoms with Crippen LogP contribution in [0.4, 0.5) is 26.3 Å². The van der Waals surface area contributed by atoms with E-state index in [1.165, 1.54) is 24.3 Å². The number of carbonyl (C=O) groups is 1. The van der Waals surface area contributed by atoms with Gasteiger partial charge in [-0.15, -0.1) is 0 Å². The Balaban J connectivity index is 2.17. The van der Waals surface area contributed by atoms with Gasteiger partial charge in [0.2, 0.25) is 16.0 Å². The molecule has 2 aromatic carbocycles. The van der Waals surface area contributed by atoms with E-state index in [1.807, 2.05) is 4.72 Å². The molecule has 0 radical (unpaired) electrons. The number of alkyl halides is 6. The van der Waals surface area contributed by atoms with Gasteiger partial charge in [-0.1, -0.05) is 12.1 Å². The molecule has 1 atom stereocenters. The zero-order valence-corrected chi connectivity index (χ0v) is 22.3. The highest BCUT2D eigenvalue weighted by Crippen LogP contribution is 2.31. The Morgan fingerprint density at radius 2 is 1.50 bits per heavy atom. The van der Waals surface area contributed by atoms with Crippen LogP contribution in [0.2, 0.25) is 0 Å². The van der Waals surface area contributed by atoms with Crippen LogP contribution in [-0.4, -0.2) is 70.3 Å². The van der Waals surface area contributed by atoms with Crippen molar-refractivity contribution in [3.8, 4) is 17.2 Å². The number of halogens is 6. The highest BCUT2D eigenvalue weighted by molar-refractivity contribution is 7.89. The van der Waals surface area contributed by atoms with Crippen LogP contribution in [0.15, 0.2) is 52.5 Å². The minimum atomic E-state index is -4.98. The van der Waals surface area contributed by atoms with Gasteiger partial charge in [0.15, 0.2) is 13.2 Å². The van der Waals surface area contributed by atoms with Gasteiger partial charge in [0, 0.05) is 12.5 Å². The number of hydrogen-bond donors (Lipinski definition) is 4. The number of ether oxygens (including phenoxy) is 3. The van der Waals surface area contributed by atoms with Crippen LogP contribution < -0.4 is 30.4 Å². The number of hydrogen-bond acceptors (Lipinski definition) is 8. The third kappa shape index (κ3) is 12.6. The van der Waals surface area contributed by atoms with Crippen LogP contribution >= 0.6 is 0 Å². The molecular formula is C23H26F6N4O8S. The van der Waals surface area contributed by atoms with Gasteiger partial charge in [-0.3, -0.25) is 4.79 Å². The van der Waals surface area contributed by atoms with Gasteiger partial charge in [0.1, 0.15) is 34.8 Å². The monoisotopic (exact) mass is 632 g/mol. The molecule has 6 N–H and O–H groups in total. The lowest BCUT2D eigenvalue weighted by Crippen LogP contribution is -2.42. The summed E-state index contributed by atoms with van der Waals surface area (Å²) in [4.78, 5) is 15.6. The summed E-state index contributed by atoms with van der Waals surface area (Å²) in [5.41, 5.74) is 10.5. The summed E-state index contributed by atoms with van der Waals surface area (Å²) in [5.74, 6) is -3.07. The van der Waals surface area contributed by atoms with Crippen molar-refractivity contribution in [1.82, 2.24) is 4.72 Å². The van der Waals surface area contributed by atoms with Crippen LogP contribution in [-0.2, 0) is 26.1 Å². The highest BCUT2D eigenvalue weighted by atomic mass is 32.2. The van der Waals surface area contributed by atoms with E-state index in [1.54, 1.807) is 0 Å². The first-order chi connectivity index (χ1) is 19.4. The molecule has 0 amide bonds. The maximum absolute atomic E-state index is 13.1. The fraction of sp³-hybridized carbons (Fsp3) is 0.391. The number of benzene rings is 2. The number of nitrogens with one attached hydrogen (secondary N) is 1. The number of aliphatic carboxylic acids is 1. The quantitative estimate of drug-likeness (QED) is 0.0705. The third-order valence-electron chi connectivity index (χ3n) is 4.78. The van der Waals surface area contributed by atoms with Crippen LogP contribution in [0, 0.1) is 0 Å². The predicted octanol–water partition coefficient (Wildman–Crippen LogP) is 2.52. The van der Waals surface area contributed by atoms with E-state index in [9.17, 15) is 44.7 Å². The van der Waals surface area contributed by atoms with E-state index in [0.717, 1.165) is 6.07 Å². The SMILES string of the molecule is NC(N)=NOCCCOc1ccc(CC(NS(=O)(=O)c2cc(OCC(F)(F)F)ccc2OCC(F)(F)F)C(=O)O)cc1. The summed E-state index contributed by atoms with van der Waals surface area (Å²) in [6.45, 7) is -3.39. The molecule has 2 aromatic rings. The number of rotatable bonds is 16. The largest absolute Gasteiger partial charge is 0.493 e. The number of nitrogens with zero attached hydrogens (tertiary/aromatic N) is 1. The zero-order chi connectivity index (χ0) is 31.6. The molecule has 234 valence electrons. The lowest BCUT2D eigenvalue weighted by atomic mass is 10.1. The normalized spacial score (nSPS) is 12.7. The molecule has 19 heteroatoms. The van der Waals surface area contributed by atoms with Crippen LogP contribution in [0.5, 0.6) is 17.2 Å². The lowest BCUT2D eigenvalue weighted by molar-refractivity contribution is -0.154. The Kier molecular flexibility index (Phi) is 11.9. The Labute approximate surface area is 235 Å². The molecule has 0 spiro atoms. The fourth-order valence-corrected chi connectivity index (χ4v) is 4.40. The summed E-state index contributed by atoms with van der Waals surface area (Å²) in [5, 5.41) is 12.9. The van der Waals surface area contributed by atoms with Crippen molar-refractivity contribution in [3.05, 3.63) is 48.0 Å². The van der Waals surface area contributed by atoms with Gasteiger partial charge in [0.05, 0.1) is 6.61 Å². The van der Waals surface area contributed by atoms with E-state index >= 15 is 0 Å². The van der Waals surface area contributed by atoms with Gasteiger partial charge < -0.3 is 35.6 Å². The van der Waals surface area contributed by atoms with E-state index in [4.69, 9.17) is 21.0 Å². The first-order valence-corrected chi connectivity index (χ1v) is 13.1. The average Bonchev–Trinajstić information content (AvgIpc) is 2.87. The maximum atomic E-state index is 13.1. The summed E-state index contributed by atoms with van der Waals surface area (Å²) >= 11 is 0. The Hall–Kier alpha value is -4.13. The first-order valence-electron chi connectivity index (χ1n) is 11.7. The van der Waals surface area contributed by atoms with Gasteiger partial charge in [-0.2, -0.15) is 31.1 Å². The van der Waals surface area contributed by atoms with Crippen LogP contribution in [0.3, 0.4) is 0 Å². The average molecular weight is 633 g/mol. The van der Waals surface area contributed by atoms with Crippen molar-refractivity contribution in [2.75, 3.05) is 26.4 Å². The molecule has 0 aromatic heterocycles. The van der Waals surface area contributed by atoms with E-state index < -0.39 is 70.4 Å². The molecule has 0 aliphatic heterocycles. The number of carboxylic acids is 1. The standard InChI is InChI=1S/C23H26F6N4O8S/c24-22(25,26)12-39-16-6-7-18(40-13-23(27,28)29)19(11-16)42(36,37)33-17(20(34)35)10-14-2-4-15(5-3-14)38-8-1-9-41-32-21(30)31/h2-7,11,17,33H,1,8-10,12-13H2,(H,34,35)(H4,30,31,32). The van der Waals surface area contributed by atoms with Crippen molar-refractivity contribution in [2.24, 2.45) is 16.6 Å². The molecule has 0 bridgehead atoms. The Morgan fingerprint density at radius 3 is 2.07 bits per heavy atom. The van der Waals surface area contributed by atoms with E-state index in [2.05, 4.69) is 14.6 Å². The molecule has 0 heterocycles. The number of oxime groups is 1. The molecule has 0 aliphatic rings. The molecular weight excluding hydrogens is 606 g/mol. The molecule has 1 unspecified atom stereocenters. The first kappa shape index (κ1) is 34.1. The topological polar surface area (TPSA) is 185 Å². The summed E-state index contributed by atoms with van der Waals surface area (Å²) in [7, 11) is -4.98. The molecule has 0 saturated carbocycles. The van der Waals surface area contributed by atoms with Crippen LogP contribution in [0.1, 0.15) is 12.0 Å².